The monoisotopic (exact) mass is 329 g/mol. The van der Waals surface area contributed by atoms with Gasteiger partial charge in [-0.2, -0.15) is 0 Å². The van der Waals surface area contributed by atoms with Crippen LogP contribution in [-0.4, -0.2) is 29.6 Å². The van der Waals surface area contributed by atoms with Gasteiger partial charge >= 0.3 is 5.97 Å². The number of carboxylic acids is 1. The van der Waals surface area contributed by atoms with Gasteiger partial charge in [-0.1, -0.05) is 20.3 Å². The minimum absolute atomic E-state index is 0.0586. The van der Waals surface area contributed by atoms with Gasteiger partial charge in [-0.05, 0) is 24.5 Å². The Labute approximate surface area is 133 Å². The van der Waals surface area contributed by atoms with E-state index in [0.717, 1.165) is 6.07 Å². The third-order valence-electron chi connectivity index (χ3n) is 3.50. The number of rotatable bonds is 9. The van der Waals surface area contributed by atoms with Crippen LogP contribution in [0.15, 0.2) is 18.2 Å². The number of amides is 1. The summed E-state index contributed by atoms with van der Waals surface area (Å²) in [6.45, 7) is 3.66. The van der Waals surface area contributed by atoms with Gasteiger partial charge in [0.05, 0.1) is 6.61 Å². The van der Waals surface area contributed by atoms with Crippen molar-refractivity contribution in [2.24, 2.45) is 5.92 Å². The van der Waals surface area contributed by atoms with Crippen LogP contribution in [0.25, 0.3) is 0 Å². The molecular weight excluding hydrogens is 308 g/mol. The van der Waals surface area contributed by atoms with Crippen molar-refractivity contribution in [3.63, 3.8) is 0 Å². The molecule has 2 atom stereocenters. The van der Waals surface area contributed by atoms with E-state index in [2.05, 4.69) is 5.32 Å². The van der Waals surface area contributed by atoms with E-state index in [4.69, 9.17) is 9.84 Å². The van der Waals surface area contributed by atoms with E-state index in [1.165, 1.54) is 6.07 Å². The Balaban J connectivity index is 2.37. The maximum atomic E-state index is 13.3. The lowest BCUT2D eigenvalue weighted by molar-refractivity contribution is -0.143. The Morgan fingerprint density at radius 1 is 1.35 bits per heavy atom. The Morgan fingerprint density at radius 3 is 2.61 bits per heavy atom. The molecule has 1 aromatic rings. The molecule has 0 unspecified atom stereocenters. The maximum Gasteiger partial charge on any atom is 0.326 e. The fourth-order valence-corrected chi connectivity index (χ4v) is 1.94. The van der Waals surface area contributed by atoms with Gasteiger partial charge in [0, 0.05) is 12.5 Å². The number of hydrogen-bond donors (Lipinski definition) is 2. The third-order valence-corrected chi connectivity index (χ3v) is 3.50. The molecule has 23 heavy (non-hydrogen) atoms. The van der Waals surface area contributed by atoms with Crippen molar-refractivity contribution in [3.8, 4) is 5.75 Å². The summed E-state index contributed by atoms with van der Waals surface area (Å²) in [4.78, 5) is 22.9. The van der Waals surface area contributed by atoms with E-state index < -0.39 is 29.6 Å². The molecule has 1 aromatic carbocycles. The summed E-state index contributed by atoms with van der Waals surface area (Å²) in [6.07, 6.45) is 0.975. The van der Waals surface area contributed by atoms with Gasteiger partial charge in [-0.15, -0.1) is 0 Å². The first kappa shape index (κ1) is 18.9. The van der Waals surface area contributed by atoms with Crippen LogP contribution in [-0.2, 0) is 9.59 Å². The molecule has 1 amide bonds. The minimum atomic E-state index is -1.07. The van der Waals surface area contributed by atoms with Crippen LogP contribution < -0.4 is 10.1 Å². The smallest absolute Gasteiger partial charge is 0.326 e. The van der Waals surface area contributed by atoms with E-state index in [9.17, 15) is 18.4 Å². The maximum absolute atomic E-state index is 13.3. The summed E-state index contributed by atoms with van der Waals surface area (Å²) >= 11 is 0. The first-order chi connectivity index (χ1) is 10.8. The summed E-state index contributed by atoms with van der Waals surface area (Å²) in [5, 5.41) is 11.6. The normalized spacial score (nSPS) is 13.2. The molecule has 0 heterocycles. The summed E-state index contributed by atoms with van der Waals surface area (Å²) < 4.78 is 31.2. The van der Waals surface area contributed by atoms with Gasteiger partial charge in [0.1, 0.15) is 11.9 Å². The van der Waals surface area contributed by atoms with Crippen molar-refractivity contribution < 1.29 is 28.2 Å². The number of nitrogens with one attached hydrogen (secondary N) is 1. The molecule has 1 rings (SSSR count). The van der Waals surface area contributed by atoms with Crippen LogP contribution >= 0.6 is 0 Å². The van der Waals surface area contributed by atoms with E-state index in [1.807, 2.05) is 6.92 Å². The lowest BCUT2D eigenvalue weighted by Gasteiger charge is -2.20. The first-order valence-electron chi connectivity index (χ1n) is 7.45. The molecule has 0 fully saturated rings. The van der Waals surface area contributed by atoms with Gasteiger partial charge in [-0.3, -0.25) is 4.79 Å². The largest absolute Gasteiger partial charge is 0.491 e. The molecule has 128 valence electrons. The number of benzene rings is 1. The molecule has 0 bridgehead atoms. The first-order valence-corrected chi connectivity index (χ1v) is 7.45. The minimum Gasteiger partial charge on any atom is -0.491 e. The highest BCUT2D eigenvalue weighted by atomic mass is 19.1. The van der Waals surface area contributed by atoms with Crippen molar-refractivity contribution >= 4 is 11.9 Å². The number of carbonyl (C=O) groups excluding carboxylic acids is 1. The number of hydrogen-bond acceptors (Lipinski definition) is 3. The van der Waals surface area contributed by atoms with Crippen LogP contribution in [0, 0.1) is 17.6 Å². The fourth-order valence-electron chi connectivity index (χ4n) is 1.94. The average molecular weight is 329 g/mol. The van der Waals surface area contributed by atoms with Gasteiger partial charge in [-0.25, -0.2) is 13.6 Å². The van der Waals surface area contributed by atoms with E-state index in [0.29, 0.717) is 12.5 Å². The number of carboxylic acid groups (broad SMARTS) is 1. The number of aliphatic carboxylic acids is 1. The molecule has 0 spiro atoms. The number of ether oxygens (including phenoxy) is 1. The second-order valence-electron chi connectivity index (χ2n) is 5.30. The standard InChI is InChI=1S/C16H21F2NO4/c1-3-10(2)15(16(21)22)19-14(20)5-4-8-23-13-7-6-11(17)9-12(13)18/h6-7,9-10,15H,3-5,8H2,1-2H3,(H,19,20)(H,21,22)/t10-,15-/m0/s1. The van der Waals surface area contributed by atoms with Gasteiger partial charge in [0.2, 0.25) is 5.91 Å². The van der Waals surface area contributed by atoms with Crippen molar-refractivity contribution in [1.82, 2.24) is 5.32 Å². The van der Waals surface area contributed by atoms with Crippen LogP contribution in [0.4, 0.5) is 8.78 Å². The highest BCUT2D eigenvalue weighted by Crippen LogP contribution is 2.17. The topological polar surface area (TPSA) is 75.6 Å². The summed E-state index contributed by atoms with van der Waals surface area (Å²) in [5.41, 5.74) is 0. The van der Waals surface area contributed by atoms with Crippen molar-refractivity contribution in [1.29, 1.82) is 0 Å². The summed E-state index contributed by atoms with van der Waals surface area (Å²) in [6, 6.07) is 2.04. The van der Waals surface area contributed by atoms with Crippen LogP contribution in [0.1, 0.15) is 33.1 Å². The third kappa shape index (κ3) is 6.22. The molecule has 7 heteroatoms. The zero-order valence-corrected chi connectivity index (χ0v) is 13.1. The number of carbonyl (C=O) groups is 2. The Hall–Kier alpha value is -2.18. The fraction of sp³-hybridized carbons (Fsp3) is 0.500. The SMILES string of the molecule is CC[C@H](C)[C@H](NC(=O)CCCOc1ccc(F)cc1F)C(=O)O. The second-order valence-corrected chi connectivity index (χ2v) is 5.30. The van der Waals surface area contributed by atoms with E-state index >= 15 is 0 Å². The van der Waals surface area contributed by atoms with E-state index in [1.54, 1.807) is 6.92 Å². The highest BCUT2D eigenvalue weighted by Gasteiger charge is 2.24. The van der Waals surface area contributed by atoms with Crippen molar-refractivity contribution in [2.45, 2.75) is 39.2 Å². The van der Waals surface area contributed by atoms with Gasteiger partial charge in [0.15, 0.2) is 11.6 Å². The van der Waals surface area contributed by atoms with Crippen LogP contribution in [0.5, 0.6) is 5.75 Å². The lowest BCUT2D eigenvalue weighted by atomic mass is 9.99. The quantitative estimate of drug-likeness (QED) is 0.683. The van der Waals surface area contributed by atoms with Crippen molar-refractivity contribution in [2.75, 3.05) is 6.61 Å². The molecule has 0 aliphatic carbocycles. The molecule has 2 N–H and O–H groups in total. The Kier molecular flexibility index (Phi) is 7.44. The average Bonchev–Trinajstić information content (AvgIpc) is 2.49. The molecule has 0 saturated heterocycles. The van der Waals surface area contributed by atoms with Crippen LogP contribution in [0.2, 0.25) is 0 Å². The molecule has 0 radical (unpaired) electrons. The van der Waals surface area contributed by atoms with Crippen LogP contribution in [0.3, 0.4) is 0 Å². The number of halogens is 2. The van der Waals surface area contributed by atoms with Gasteiger partial charge < -0.3 is 15.2 Å². The lowest BCUT2D eigenvalue weighted by Crippen LogP contribution is -2.45. The highest BCUT2D eigenvalue weighted by molar-refractivity contribution is 5.83. The molecule has 0 aromatic heterocycles. The zero-order valence-electron chi connectivity index (χ0n) is 13.1. The van der Waals surface area contributed by atoms with Gasteiger partial charge in [0.25, 0.3) is 0 Å². The Morgan fingerprint density at radius 2 is 2.04 bits per heavy atom. The zero-order chi connectivity index (χ0) is 17.4. The molecule has 0 aliphatic heterocycles. The Bertz CT molecular complexity index is 551. The summed E-state index contributed by atoms with van der Waals surface area (Å²) in [5.74, 6) is -3.25. The summed E-state index contributed by atoms with van der Waals surface area (Å²) in [7, 11) is 0. The second kappa shape index (κ2) is 9.07. The molecule has 0 saturated carbocycles. The molecular formula is C16H21F2NO4. The predicted molar refractivity (Wildman–Crippen MR) is 80.1 cm³/mol. The molecule has 5 nitrogen and oxygen atoms in total. The van der Waals surface area contributed by atoms with E-state index in [-0.39, 0.29) is 31.1 Å². The molecule has 0 aliphatic rings. The van der Waals surface area contributed by atoms with Crippen molar-refractivity contribution in [3.05, 3.63) is 29.8 Å². The predicted octanol–water partition coefficient (Wildman–Crippen LogP) is 2.74.